The molecule has 0 saturated carbocycles. The molecule has 1 aromatic rings. The summed E-state index contributed by atoms with van der Waals surface area (Å²) in [5.41, 5.74) is 1.23. The van der Waals surface area contributed by atoms with E-state index in [2.05, 4.69) is 42.5 Å². The van der Waals surface area contributed by atoms with Gasteiger partial charge in [0.2, 0.25) is 0 Å². The molecule has 0 spiro atoms. The molecule has 0 aromatic heterocycles. The molecule has 0 heterocycles. The van der Waals surface area contributed by atoms with E-state index in [-0.39, 0.29) is 0 Å². The fourth-order valence-corrected chi connectivity index (χ4v) is 1.74. The second kappa shape index (κ2) is 5.56. The van der Waals surface area contributed by atoms with E-state index in [1.165, 1.54) is 9.13 Å². The number of methoxy groups -OCH3 is 1. The second-order valence-corrected chi connectivity index (χ2v) is 4.63. The molecule has 0 aliphatic heterocycles. The van der Waals surface area contributed by atoms with Gasteiger partial charge in [-0.2, -0.15) is 0 Å². The molecule has 3 heteroatoms. The summed E-state index contributed by atoms with van der Waals surface area (Å²) in [7, 11) is 1.63. The molecule has 0 N–H and O–H groups in total. The van der Waals surface area contributed by atoms with Crippen LogP contribution in [0, 0.1) is 3.57 Å². The summed E-state index contributed by atoms with van der Waals surface area (Å²) in [6, 6.07) is 6.18. The number of halogens is 1. The van der Waals surface area contributed by atoms with Crippen LogP contribution in [0.15, 0.2) is 18.2 Å². The van der Waals surface area contributed by atoms with E-state index in [0.717, 1.165) is 5.75 Å². The smallest absolute Gasteiger partial charge is 0.188 e. The number of hydrogen-bond acceptors (Lipinski definition) is 2. The summed E-state index contributed by atoms with van der Waals surface area (Å²) in [4.78, 5) is 0. The first-order valence-corrected chi connectivity index (χ1v) is 5.64. The molecule has 0 aliphatic carbocycles. The van der Waals surface area contributed by atoms with Crippen molar-refractivity contribution < 1.29 is 9.47 Å². The molecule has 0 bridgehead atoms. The Balaban J connectivity index is 2.90. The average Bonchev–Trinajstić information content (AvgIpc) is 2.15. The minimum atomic E-state index is 0.306. The maximum absolute atomic E-state index is 5.48. The van der Waals surface area contributed by atoms with Gasteiger partial charge in [-0.3, -0.25) is 0 Å². The third-order valence-corrected chi connectivity index (χ3v) is 2.60. The highest BCUT2D eigenvalue weighted by atomic mass is 127. The molecule has 0 fully saturated rings. The highest BCUT2D eigenvalue weighted by Gasteiger charge is 2.07. The summed E-state index contributed by atoms with van der Waals surface area (Å²) in [6.45, 7) is 4.62. The molecule has 1 aromatic carbocycles. The fourth-order valence-electron chi connectivity index (χ4n) is 1.22. The molecule has 0 aliphatic rings. The predicted molar refractivity (Wildman–Crippen MR) is 65.8 cm³/mol. The van der Waals surface area contributed by atoms with E-state index < -0.39 is 0 Å². The first-order valence-electron chi connectivity index (χ1n) is 4.56. The summed E-state index contributed by atoms with van der Waals surface area (Å²) in [6.07, 6.45) is 0. The normalized spacial score (nSPS) is 10.6. The summed E-state index contributed by atoms with van der Waals surface area (Å²) in [5.74, 6) is 1.39. The molecule has 78 valence electrons. The van der Waals surface area contributed by atoms with Gasteiger partial charge in [0.15, 0.2) is 6.79 Å². The van der Waals surface area contributed by atoms with E-state index in [0.29, 0.717) is 12.7 Å². The van der Waals surface area contributed by atoms with Crippen LogP contribution in [0.4, 0.5) is 0 Å². The van der Waals surface area contributed by atoms with Gasteiger partial charge in [0, 0.05) is 10.7 Å². The fraction of sp³-hybridized carbons (Fsp3) is 0.455. The van der Waals surface area contributed by atoms with E-state index >= 15 is 0 Å². The lowest BCUT2D eigenvalue weighted by atomic mass is 10.0. The van der Waals surface area contributed by atoms with Crippen molar-refractivity contribution in [2.75, 3.05) is 13.9 Å². The minimum absolute atomic E-state index is 0.306. The van der Waals surface area contributed by atoms with Crippen molar-refractivity contribution in [3.63, 3.8) is 0 Å². The summed E-state index contributed by atoms with van der Waals surface area (Å²) < 4.78 is 11.6. The van der Waals surface area contributed by atoms with Crippen molar-refractivity contribution in [1.82, 2.24) is 0 Å². The van der Waals surface area contributed by atoms with Gasteiger partial charge >= 0.3 is 0 Å². The monoisotopic (exact) mass is 306 g/mol. The van der Waals surface area contributed by atoms with Crippen molar-refractivity contribution in [1.29, 1.82) is 0 Å². The highest BCUT2D eigenvalue weighted by Crippen LogP contribution is 2.28. The summed E-state index contributed by atoms with van der Waals surface area (Å²) >= 11 is 2.31. The third kappa shape index (κ3) is 3.13. The Morgan fingerprint density at radius 1 is 1.36 bits per heavy atom. The van der Waals surface area contributed by atoms with Crippen molar-refractivity contribution in [2.24, 2.45) is 0 Å². The van der Waals surface area contributed by atoms with Gasteiger partial charge in [-0.1, -0.05) is 13.8 Å². The van der Waals surface area contributed by atoms with Crippen LogP contribution in [0.25, 0.3) is 0 Å². The Kier molecular flexibility index (Phi) is 4.68. The average molecular weight is 306 g/mol. The Morgan fingerprint density at radius 2 is 2.07 bits per heavy atom. The SMILES string of the molecule is COCOc1ccc(I)cc1C(C)C. The Labute approximate surface area is 98.7 Å². The molecule has 0 radical (unpaired) electrons. The molecule has 14 heavy (non-hydrogen) atoms. The van der Waals surface area contributed by atoms with Gasteiger partial charge < -0.3 is 9.47 Å². The summed E-state index contributed by atoms with van der Waals surface area (Å²) in [5, 5.41) is 0. The highest BCUT2D eigenvalue weighted by molar-refractivity contribution is 14.1. The molecule has 0 saturated heterocycles. The van der Waals surface area contributed by atoms with E-state index in [1.807, 2.05) is 12.1 Å². The van der Waals surface area contributed by atoms with Gasteiger partial charge in [-0.25, -0.2) is 0 Å². The number of benzene rings is 1. The maximum Gasteiger partial charge on any atom is 0.188 e. The Hall–Kier alpha value is -0.290. The number of hydrogen-bond donors (Lipinski definition) is 0. The molecular weight excluding hydrogens is 291 g/mol. The molecule has 1 rings (SSSR count). The van der Waals surface area contributed by atoms with Crippen LogP contribution in [0.2, 0.25) is 0 Å². The zero-order valence-electron chi connectivity index (χ0n) is 8.71. The quantitative estimate of drug-likeness (QED) is 0.627. The van der Waals surface area contributed by atoms with Crippen LogP contribution >= 0.6 is 22.6 Å². The van der Waals surface area contributed by atoms with Crippen LogP contribution in [0.3, 0.4) is 0 Å². The lowest BCUT2D eigenvalue weighted by Gasteiger charge is -2.13. The molecule has 0 unspecified atom stereocenters. The maximum atomic E-state index is 5.48. The zero-order valence-corrected chi connectivity index (χ0v) is 10.9. The molecule has 2 nitrogen and oxygen atoms in total. The Morgan fingerprint density at radius 3 is 2.64 bits per heavy atom. The molecule has 0 atom stereocenters. The van der Waals surface area contributed by atoms with E-state index in [9.17, 15) is 0 Å². The topological polar surface area (TPSA) is 18.5 Å². The number of rotatable bonds is 4. The van der Waals surface area contributed by atoms with Gasteiger partial charge in [0.1, 0.15) is 5.75 Å². The molecular formula is C11H15IO2. The lowest BCUT2D eigenvalue weighted by Crippen LogP contribution is -2.02. The van der Waals surface area contributed by atoms with Crippen LogP contribution in [-0.4, -0.2) is 13.9 Å². The van der Waals surface area contributed by atoms with Crippen LogP contribution in [-0.2, 0) is 4.74 Å². The van der Waals surface area contributed by atoms with Gasteiger partial charge in [0.25, 0.3) is 0 Å². The largest absolute Gasteiger partial charge is 0.467 e. The van der Waals surface area contributed by atoms with Crippen molar-refractivity contribution in [3.05, 3.63) is 27.3 Å². The van der Waals surface area contributed by atoms with Crippen molar-refractivity contribution in [2.45, 2.75) is 19.8 Å². The van der Waals surface area contributed by atoms with Gasteiger partial charge in [0.05, 0.1) is 0 Å². The van der Waals surface area contributed by atoms with Gasteiger partial charge in [-0.05, 0) is 52.3 Å². The number of ether oxygens (including phenoxy) is 2. The second-order valence-electron chi connectivity index (χ2n) is 3.39. The van der Waals surface area contributed by atoms with E-state index in [4.69, 9.17) is 9.47 Å². The first-order chi connectivity index (χ1) is 6.65. The molecule has 0 amide bonds. The standard InChI is InChI=1S/C11H15IO2/c1-8(2)10-6-9(12)4-5-11(10)14-7-13-3/h4-6,8H,7H2,1-3H3. The minimum Gasteiger partial charge on any atom is -0.467 e. The van der Waals surface area contributed by atoms with Crippen LogP contribution in [0.5, 0.6) is 5.75 Å². The zero-order chi connectivity index (χ0) is 10.6. The lowest BCUT2D eigenvalue weighted by molar-refractivity contribution is 0.0502. The Bertz CT molecular complexity index is 297. The van der Waals surface area contributed by atoms with Gasteiger partial charge in [-0.15, -0.1) is 0 Å². The first kappa shape index (κ1) is 11.8. The third-order valence-electron chi connectivity index (χ3n) is 1.93. The van der Waals surface area contributed by atoms with Crippen molar-refractivity contribution in [3.8, 4) is 5.75 Å². The van der Waals surface area contributed by atoms with Crippen LogP contribution in [0.1, 0.15) is 25.3 Å². The van der Waals surface area contributed by atoms with E-state index in [1.54, 1.807) is 7.11 Å². The van der Waals surface area contributed by atoms with Crippen LogP contribution < -0.4 is 4.74 Å². The predicted octanol–water partition coefficient (Wildman–Crippen LogP) is 3.40. The van der Waals surface area contributed by atoms with Crippen molar-refractivity contribution >= 4 is 22.6 Å².